The summed E-state index contributed by atoms with van der Waals surface area (Å²) in [6, 6.07) is 0. The van der Waals surface area contributed by atoms with Gasteiger partial charge in [-0.2, -0.15) is 4.89 Å². The van der Waals surface area contributed by atoms with Gasteiger partial charge in [-0.3, -0.25) is 0 Å². The summed E-state index contributed by atoms with van der Waals surface area (Å²) < 4.78 is 9.01. The fraction of sp³-hybridized carbons (Fsp3) is 0.600. The summed E-state index contributed by atoms with van der Waals surface area (Å²) >= 11 is 0. The largest absolute Gasteiger partial charge is 0.542 e. The van der Waals surface area contributed by atoms with Crippen molar-refractivity contribution in [3.8, 4) is 0 Å². The summed E-state index contributed by atoms with van der Waals surface area (Å²) in [5.74, 6) is -0.603. The first kappa shape index (κ1) is 15.4. The van der Waals surface area contributed by atoms with Crippen LogP contribution >= 0.6 is 0 Å². The fourth-order valence-electron chi connectivity index (χ4n) is 0.497. The van der Waals surface area contributed by atoms with Gasteiger partial charge in [0.05, 0.1) is 5.60 Å². The molecular formula is C10H16O7. The van der Waals surface area contributed by atoms with E-state index in [4.69, 9.17) is 0 Å². The van der Waals surface area contributed by atoms with Crippen molar-refractivity contribution in [1.82, 2.24) is 0 Å². The highest BCUT2D eigenvalue weighted by Gasteiger charge is 2.14. The molecule has 17 heavy (non-hydrogen) atoms. The van der Waals surface area contributed by atoms with E-state index in [1.807, 2.05) is 0 Å². The van der Waals surface area contributed by atoms with Gasteiger partial charge in [0.15, 0.2) is 0 Å². The summed E-state index contributed by atoms with van der Waals surface area (Å²) in [5.41, 5.74) is -0.611. The molecule has 0 aromatic rings. The molecule has 0 radical (unpaired) electrons. The van der Waals surface area contributed by atoms with E-state index in [9.17, 15) is 9.59 Å². The van der Waals surface area contributed by atoms with Gasteiger partial charge >= 0.3 is 12.1 Å². The first-order chi connectivity index (χ1) is 7.85. The molecule has 98 valence electrons. The van der Waals surface area contributed by atoms with Gasteiger partial charge in [0.2, 0.25) is 0 Å². The summed E-state index contributed by atoms with van der Waals surface area (Å²) in [5, 5.41) is 4.16. The normalized spacial score (nSPS) is 10.5. The second-order valence-corrected chi connectivity index (χ2v) is 3.82. The Labute approximate surface area is 99.1 Å². The predicted octanol–water partition coefficient (Wildman–Crippen LogP) is 1.53. The van der Waals surface area contributed by atoms with Gasteiger partial charge in [-0.25, -0.2) is 14.5 Å². The van der Waals surface area contributed by atoms with Crippen LogP contribution in [0, 0.1) is 0 Å². The molecular weight excluding hydrogens is 232 g/mol. The molecule has 0 amide bonds. The second kappa shape index (κ2) is 7.64. The van der Waals surface area contributed by atoms with Crippen LogP contribution < -0.4 is 0 Å². The molecule has 0 bridgehead atoms. The molecule has 7 nitrogen and oxygen atoms in total. The van der Waals surface area contributed by atoms with Crippen LogP contribution in [0.5, 0.6) is 0 Å². The quantitative estimate of drug-likeness (QED) is 0.232. The van der Waals surface area contributed by atoms with Crippen molar-refractivity contribution in [2.45, 2.75) is 26.4 Å². The topological polar surface area (TPSA) is 80.3 Å². The van der Waals surface area contributed by atoms with Gasteiger partial charge < -0.3 is 9.47 Å². The SMILES string of the molecule is C=CC(=O)OCCOC(=O)OOOC(C)(C)C. The van der Waals surface area contributed by atoms with Crippen LogP contribution in [0.25, 0.3) is 0 Å². The van der Waals surface area contributed by atoms with E-state index in [1.54, 1.807) is 20.8 Å². The van der Waals surface area contributed by atoms with Crippen molar-refractivity contribution in [3.05, 3.63) is 12.7 Å². The maximum atomic E-state index is 10.8. The lowest BCUT2D eigenvalue weighted by Gasteiger charge is -2.15. The number of rotatable bonds is 6. The van der Waals surface area contributed by atoms with E-state index in [2.05, 4.69) is 30.9 Å². The summed E-state index contributed by atoms with van der Waals surface area (Å²) in [6.07, 6.45) is -0.0950. The molecule has 0 saturated carbocycles. The molecule has 0 N–H and O–H groups in total. The van der Waals surface area contributed by atoms with Gasteiger partial charge in [0.25, 0.3) is 0 Å². The van der Waals surface area contributed by atoms with E-state index in [0.29, 0.717) is 0 Å². The van der Waals surface area contributed by atoms with Crippen molar-refractivity contribution in [3.63, 3.8) is 0 Å². The predicted molar refractivity (Wildman–Crippen MR) is 55.5 cm³/mol. The number of ether oxygens (including phenoxy) is 2. The lowest BCUT2D eigenvalue weighted by atomic mass is 10.2. The first-order valence-electron chi connectivity index (χ1n) is 4.83. The molecule has 7 heteroatoms. The molecule has 0 aromatic heterocycles. The van der Waals surface area contributed by atoms with Crippen LogP contribution in [0.3, 0.4) is 0 Å². The third-order valence-corrected chi connectivity index (χ3v) is 1.10. The second-order valence-electron chi connectivity index (χ2n) is 3.82. The Hall–Kier alpha value is -1.60. The van der Waals surface area contributed by atoms with Gasteiger partial charge in [0, 0.05) is 6.08 Å². The van der Waals surface area contributed by atoms with E-state index in [1.165, 1.54) is 0 Å². The van der Waals surface area contributed by atoms with Crippen molar-refractivity contribution >= 4 is 12.1 Å². The van der Waals surface area contributed by atoms with Crippen molar-refractivity contribution in [2.24, 2.45) is 0 Å². The highest BCUT2D eigenvalue weighted by atomic mass is 17.5. The van der Waals surface area contributed by atoms with E-state index in [-0.39, 0.29) is 13.2 Å². The van der Waals surface area contributed by atoms with E-state index < -0.39 is 17.7 Å². The molecule has 0 aromatic carbocycles. The van der Waals surface area contributed by atoms with Crippen molar-refractivity contribution < 1.29 is 33.9 Å². The minimum Gasteiger partial charge on any atom is -0.459 e. The monoisotopic (exact) mass is 248 g/mol. The number of carbonyl (C=O) groups is 2. The zero-order valence-electron chi connectivity index (χ0n) is 10.1. The fourth-order valence-corrected chi connectivity index (χ4v) is 0.497. The average molecular weight is 248 g/mol. The maximum Gasteiger partial charge on any atom is 0.542 e. The van der Waals surface area contributed by atoms with Crippen molar-refractivity contribution in [2.75, 3.05) is 13.2 Å². The van der Waals surface area contributed by atoms with Gasteiger partial charge in [-0.15, -0.1) is 0 Å². The third-order valence-electron chi connectivity index (χ3n) is 1.10. The van der Waals surface area contributed by atoms with Gasteiger partial charge in [0.1, 0.15) is 13.2 Å². The Balaban J connectivity index is 3.47. The number of hydrogen-bond donors (Lipinski definition) is 0. The molecule has 0 aliphatic heterocycles. The third kappa shape index (κ3) is 10.7. The molecule has 0 fully saturated rings. The Morgan fingerprint density at radius 2 is 1.76 bits per heavy atom. The minimum atomic E-state index is -1.09. The smallest absolute Gasteiger partial charge is 0.459 e. The molecule has 0 unspecified atom stereocenters. The average Bonchev–Trinajstić information content (AvgIpc) is 2.22. The molecule has 0 aliphatic rings. The Morgan fingerprint density at radius 3 is 2.29 bits per heavy atom. The van der Waals surface area contributed by atoms with Gasteiger partial charge in [-0.1, -0.05) is 6.58 Å². The van der Waals surface area contributed by atoms with E-state index in [0.717, 1.165) is 6.08 Å². The van der Waals surface area contributed by atoms with Crippen LogP contribution in [0.2, 0.25) is 0 Å². The molecule has 0 aliphatic carbocycles. The van der Waals surface area contributed by atoms with Crippen LogP contribution in [0.4, 0.5) is 4.79 Å². The lowest BCUT2D eigenvalue weighted by molar-refractivity contribution is -0.514. The first-order valence-corrected chi connectivity index (χ1v) is 4.83. The highest BCUT2D eigenvalue weighted by molar-refractivity contribution is 5.81. The standard InChI is InChI=1S/C10H16O7/c1-5-8(11)13-6-7-14-9(12)15-17-16-10(2,3)4/h5H,1,6-7H2,2-4H3. The summed E-state index contributed by atoms with van der Waals surface area (Å²) in [6.45, 7) is 8.06. The molecule has 0 spiro atoms. The van der Waals surface area contributed by atoms with E-state index >= 15 is 0 Å². The number of hydrogen-bond acceptors (Lipinski definition) is 7. The number of esters is 1. The van der Waals surface area contributed by atoms with Crippen LogP contribution in [0.1, 0.15) is 20.8 Å². The van der Waals surface area contributed by atoms with Crippen LogP contribution in [-0.4, -0.2) is 30.9 Å². The molecule has 0 rings (SSSR count). The van der Waals surface area contributed by atoms with Crippen LogP contribution in [-0.2, 0) is 29.1 Å². The highest BCUT2D eigenvalue weighted by Crippen LogP contribution is 2.07. The number of carbonyl (C=O) groups excluding carboxylic acids is 2. The summed E-state index contributed by atoms with van der Waals surface area (Å²) in [7, 11) is 0. The Bertz CT molecular complexity index is 266. The Kier molecular flexibility index (Phi) is 6.92. The Morgan fingerprint density at radius 1 is 1.18 bits per heavy atom. The molecule has 0 heterocycles. The molecule has 0 atom stereocenters. The molecule has 0 saturated heterocycles. The zero-order chi connectivity index (χ0) is 13.3. The minimum absolute atomic E-state index is 0.0971. The summed E-state index contributed by atoms with van der Waals surface area (Å²) in [4.78, 5) is 30.2. The van der Waals surface area contributed by atoms with Gasteiger partial charge in [-0.05, 0) is 25.8 Å². The maximum absolute atomic E-state index is 10.8. The van der Waals surface area contributed by atoms with Crippen molar-refractivity contribution in [1.29, 1.82) is 0 Å². The zero-order valence-corrected chi connectivity index (χ0v) is 10.1. The lowest BCUT2D eigenvalue weighted by Crippen LogP contribution is -2.21. The van der Waals surface area contributed by atoms with Crippen LogP contribution in [0.15, 0.2) is 12.7 Å².